The predicted octanol–water partition coefficient (Wildman–Crippen LogP) is 4.28. The van der Waals surface area contributed by atoms with E-state index >= 15 is 0 Å². The van der Waals surface area contributed by atoms with Crippen LogP contribution >= 0.6 is 0 Å². The van der Waals surface area contributed by atoms with Crippen molar-refractivity contribution in [2.24, 2.45) is 0 Å². The van der Waals surface area contributed by atoms with Crippen molar-refractivity contribution in [1.82, 2.24) is 9.97 Å². The van der Waals surface area contributed by atoms with Gasteiger partial charge in [-0.05, 0) is 35.9 Å². The standard InChI is InChI=1S/C21H13F3N2O3S/c1-30(28,29)13-4-2-3-11(7-13)12-8-14-15(10-26-21(14)25-9-12)20(27)18-16(22)5-6-17(23)19(18)24/h2-10H,1H3,(H,25,26). The Morgan fingerprint density at radius 3 is 2.47 bits per heavy atom. The minimum absolute atomic E-state index is 0.0954. The normalized spacial score (nSPS) is 11.7. The molecule has 0 fully saturated rings. The summed E-state index contributed by atoms with van der Waals surface area (Å²) >= 11 is 0. The number of aromatic amines is 1. The third kappa shape index (κ3) is 3.37. The molecule has 1 N–H and O–H groups in total. The molecule has 9 heteroatoms. The number of carbonyl (C=O) groups excluding carboxylic acids is 1. The lowest BCUT2D eigenvalue weighted by atomic mass is 10.00. The summed E-state index contributed by atoms with van der Waals surface area (Å²) in [5.74, 6) is -5.13. The third-order valence-corrected chi connectivity index (χ3v) is 5.75. The Morgan fingerprint density at radius 1 is 1.00 bits per heavy atom. The summed E-state index contributed by atoms with van der Waals surface area (Å²) in [6.45, 7) is 0. The highest BCUT2D eigenvalue weighted by molar-refractivity contribution is 7.90. The van der Waals surface area contributed by atoms with E-state index in [0.717, 1.165) is 6.26 Å². The minimum Gasteiger partial charge on any atom is -0.345 e. The van der Waals surface area contributed by atoms with Crippen LogP contribution in [-0.4, -0.2) is 30.4 Å². The van der Waals surface area contributed by atoms with Crippen LogP contribution in [0.3, 0.4) is 0 Å². The van der Waals surface area contributed by atoms with E-state index in [4.69, 9.17) is 0 Å². The number of rotatable bonds is 4. The van der Waals surface area contributed by atoms with Crippen LogP contribution < -0.4 is 0 Å². The lowest BCUT2D eigenvalue weighted by Gasteiger charge is -2.06. The molecule has 0 spiro atoms. The van der Waals surface area contributed by atoms with E-state index in [1.165, 1.54) is 24.5 Å². The number of ketones is 1. The van der Waals surface area contributed by atoms with Gasteiger partial charge in [0.15, 0.2) is 21.5 Å². The van der Waals surface area contributed by atoms with E-state index in [1.807, 2.05) is 0 Å². The second-order valence-corrected chi connectivity index (χ2v) is 8.69. The number of sulfone groups is 1. The van der Waals surface area contributed by atoms with Crippen LogP contribution in [0.1, 0.15) is 15.9 Å². The number of halogens is 3. The number of benzene rings is 2. The number of H-pyrrole nitrogens is 1. The molecule has 0 radical (unpaired) electrons. The molecule has 0 amide bonds. The van der Waals surface area contributed by atoms with Crippen LogP contribution in [0, 0.1) is 17.5 Å². The maximum atomic E-state index is 14.1. The van der Waals surface area contributed by atoms with Gasteiger partial charge in [0.25, 0.3) is 0 Å². The lowest BCUT2D eigenvalue weighted by Crippen LogP contribution is -2.08. The maximum absolute atomic E-state index is 14.1. The van der Waals surface area contributed by atoms with Gasteiger partial charge in [0, 0.05) is 35.2 Å². The molecule has 0 atom stereocenters. The van der Waals surface area contributed by atoms with Crippen molar-refractivity contribution in [2.75, 3.05) is 6.26 Å². The van der Waals surface area contributed by atoms with Crippen LogP contribution in [0.15, 0.2) is 59.8 Å². The summed E-state index contributed by atoms with van der Waals surface area (Å²) in [6, 6.07) is 8.96. The van der Waals surface area contributed by atoms with E-state index in [0.29, 0.717) is 23.3 Å². The first-order valence-electron chi connectivity index (χ1n) is 8.62. The Balaban J connectivity index is 1.86. The molecule has 0 saturated carbocycles. The van der Waals surface area contributed by atoms with Gasteiger partial charge in [-0.3, -0.25) is 4.79 Å². The summed E-state index contributed by atoms with van der Waals surface area (Å²) in [5, 5.41) is 0.255. The van der Waals surface area contributed by atoms with Gasteiger partial charge < -0.3 is 4.98 Å². The van der Waals surface area contributed by atoms with Gasteiger partial charge in [-0.1, -0.05) is 12.1 Å². The number of nitrogens with one attached hydrogen (secondary N) is 1. The third-order valence-electron chi connectivity index (χ3n) is 4.64. The second-order valence-electron chi connectivity index (χ2n) is 6.67. The molecule has 0 unspecified atom stereocenters. The SMILES string of the molecule is CS(=O)(=O)c1cccc(-c2cnc3[nH]cc(C(=O)c4c(F)ccc(F)c4F)c3c2)c1. The number of pyridine rings is 1. The zero-order valence-corrected chi connectivity index (χ0v) is 16.2. The van der Waals surface area contributed by atoms with Crippen LogP contribution in [0.25, 0.3) is 22.2 Å². The first-order valence-corrected chi connectivity index (χ1v) is 10.5. The number of aromatic nitrogens is 2. The lowest BCUT2D eigenvalue weighted by molar-refractivity contribution is 0.103. The number of hydrogen-bond donors (Lipinski definition) is 1. The zero-order chi connectivity index (χ0) is 21.6. The fourth-order valence-corrected chi connectivity index (χ4v) is 3.79. The van der Waals surface area contributed by atoms with Gasteiger partial charge in [0.1, 0.15) is 11.5 Å². The molecule has 4 rings (SSSR count). The van der Waals surface area contributed by atoms with E-state index < -0.39 is 38.6 Å². The molecule has 0 aliphatic heterocycles. The van der Waals surface area contributed by atoms with Crippen LogP contribution in [0.4, 0.5) is 13.2 Å². The van der Waals surface area contributed by atoms with Gasteiger partial charge in [-0.25, -0.2) is 26.6 Å². The Kier molecular flexibility index (Phi) is 4.70. The Morgan fingerprint density at radius 2 is 1.73 bits per heavy atom. The van der Waals surface area contributed by atoms with Crippen LogP contribution in [0.5, 0.6) is 0 Å². The van der Waals surface area contributed by atoms with E-state index in [9.17, 15) is 26.4 Å². The maximum Gasteiger partial charge on any atom is 0.201 e. The summed E-state index contributed by atoms with van der Waals surface area (Å²) in [7, 11) is -3.44. The average molecular weight is 430 g/mol. The van der Waals surface area contributed by atoms with Crippen molar-refractivity contribution in [1.29, 1.82) is 0 Å². The van der Waals surface area contributed by atoms with Crippen molar-refractivity contribution < 1.29 is 26.4 Å². The topological polar surface area (TPSA) is 79.9 Å². The molecular formula is C21H13F3N2O3S. The van der Waals surface area contributed by atoms with E-state index in [1.54, 1.807) is 18.2 Å². The largest absolute Gasteiger partial charge is 0.345 e. The van der Waals surface area contributed by atoms with E-state index in [2.05, 4.69) is 9.97 Å². The number of hydrogen-bond acceptors (Lipinski definition) is 4. The second kappa shape index (κ2) is 7.10. The molecule has 0 bridgehead atoms. The van der Waals surface area contributed by atoms with Gasteiger partial charge in [-0.2, -0.15) is 0 Å². The van der Waals surface area contributed by atoms with Crippen molar-refractivity contribution in [3.8, 4) is 11.1 Å². The Bertz CT molecular complexity index is 1430. The molecule has 30 heavy (non-hydrogen) atoms. The van der Waals surface area contributed by atoms with Crippen LogP contribution in [-0.2, 0) is 9.84 Å². The fourth-order valence-electron chi connectivity index (χ4n) is 3.13. The molecular weight excluding hydrogens is 417 g/mol. The van der Waals surface area contributed by atoms with Gasteiger partial charge in [0.2, 0.25) is 5.78 Å². The smallest absolute Gasteiger partial charge is 0.201 e. The molecule has 0 aliphatic carbocycles. The van der Waals surface area contributed by atoms with Crippen molar-refractivity contribution in [3.05, 3.63) is 83.4 Å². The molecule has 5 nitrogen and oxygen atoms in total. The molecule has 0 saturated heterocycles. The quantitative estimate of drug-likeness (QED) is 0.387. The fraction of sp³-hybridized carbons (Fsp3) is 0.0476. The summed E-state index contributed by atoms with van der Waals surface area (Å²) in [4.78, 5) is 19.8. The van der Waals surface area contributed by atoms with Gasteiger partial charge in [0.05, 0.1) is 10.5 Å². The van der Waals surface area contributed by atoms with Crippen molar-refractivity contribution in [3.63, 3.8) is 0 Å². The molecule has 0 aliphatic rings. The van der Waals surface area contributed by atoms with Gasteiger partial charge >= 0.3 is 0 Å². The van der Waals surface area contributed by atoms with Crippen molar-refractivity contribution in [2.45, 2.75) is 4.90 Å². The summed E-state index contributed by atoms with van der Waals surface area (Å²) in [6.07, 6.45) is 3.79. The Labute approximate surface area is 169 Å². The Hall–Kier alpha value is -3.46. The first-order chi connectivity index (χ1) is 14.2. The summed E-state index contributed by atoms with van der Waals surface area (Å²) < 4.78 is 65.3. The summed E-state index contributed by atoms with van der Waals surface area (Å²) in [5.41, 5.74) is 0.192. The van der Waals surface area contributed by atoms with Gasteiger partial charge in [-0.15, -0.1) is 0 Å². The number of fused-ring (bicyclic) bond motifs is 1. The number of carbonyl (C=O) groups is 1. The highest BCUT2D eigenvalue weighted by Crippen LogP contribution is 2.29. The molecule has 152 valence electrons. The predicted molar refractivity (Wildman–Crippen MR) is 104 cm³/mol. The first kappa shape index (κ1) is 19.8. The minimum atomic E-state index is -3.44. The molecule has 2 aromatic carbocycles. The highest BCUT2D eigenvalue weighted by atomic mass is 32.2. The average Bonchev–Trinajstić information content (AvgIpc) is 3.13. The van der Waals surface area contributed by atoms with Crippen LogP contribution in [0.2, 0.25) is 0 Å². The molecule has 4 aromatic rings. The highest BCUT2D eigenvalue weighted by Gasteiger charge is 2.24. The number of nitrogens with zero attached hydrogens (tertiary/aromatic N) is 1. The molecule has 2 aromatic heterocycles. The van der Waals surface area contributed by atoms with E-state index in [-0.39, 0.29) is 21.5 Å². The molecule has 2 heterocycles. The van der Waals surface area contributed by atoms with Crippen molar-refractivity contribution >= 4 is 26.7 Å². The monoisotopic (exact) mass is 430 g/mol. The zero-order valence-electron chi connectivity index (χ0n) is 15.4.